The average Bonchev–Trinajstić information content (AvgIpc) is 3.22. The first kappa shape index (κ1) is 16.4. The summed E-state index contributed by atoms with van der Waals surface area (Å²) in [7, 11) is 0. The van der Waals surface area contributed by atoms with Crippen molar-refractivity contribution in [2.45, 2.75) is 32.9 Å². The van der Waals surface area contributed by atoms with Crippen LogP contribution in [0, 0.1) is 5.82 Å². The number of H-pyrrole nitrogens is 1. The van der Waals surface area contributed by atoms with E-state index in [0.29, 0.717) is 11.3 Å². The molecular weight excluding hydrogens is 335 g/mol. The first-order chi connectivity index (χ1) is 12.5. The second kappa shape index (κ2) is 6.33. The lowest BCUT2D eigenvalue weighted by molar-refractivity contribution is 0.102. The van der Waals surface area contributed by atoms with Gasteiger partial charge < -0.3 is 19.6 Å². The summed E-state index contributed by atoms with van der Waals surface area (Å²) in [5.74, 6) is 0.258. The summed E-state index contributed by atoms with van der Waals surface area (Å²) in [4.78, 5) is 20.2. The van der Waals surface area contributed by atoms with Crippen molar-refractivity contribution in [2.75, 3.05) is 5.32 Å². The van der Waals surface area contributed by atoms with Gasteiger partial charge >= 0.3 is 0 Å². The van der Waals surface area contributed by atoms with Crippen molar-refractivity contribution >= 4 is 11.6 Å². The number of carbonyl (C=O) groups excluding carboxylic acids is 1. The lowest BCUT2D eigenvalue weighted by Crippen LogP contribution is -2.16. The van der Waals surface area contributed by atoms with E-state index in [0.717, 1.165) is 30.0 Å². The van der Waals surface area contributed by atoms with E-state index < -0.39 is 5.82 Å². The predicted octanol–water partition coefficient (Wildman–Crippen LogP) is 3.61. The zero-order chi connectivity index (χ0) is 18.3. The van der Waals surface area contributed by atoms with Gasteiger partial charge in [0.1, 0.15) is 17.4 Å². The Morgan fingerprint density at radius 2 is 2.27 bits per heavy atom. The summed E-state index contributed by atoms with van der Waals surface area (Å²) in [6, 6.07) is 4.41. The molecule has 3 heterocycles. The number of aromatic nitrogens is 3. The third-order valence-corrected chi connectivity index (χ3v) is 4.31. The van der Waals surface area contributed by atoms with Crippen LogP contribution in [-0.4, -0.2) is 26.5 Å². The number of benzene rings is 1. The quantitative estimate of drug-likeness (QED) is 0.752. The van der Waals surface area contributed by atoms with Crippen LogP contribution in [0.5, 0.6) is 5.75 Å². The molecule has 3 aromatic rings. The zero-order valence-corrected chi connectivity index (χ0v) is 14.5. The molecular formula is C19H19FN4O2. The Bertz CT molecular complexity index is 974. The molecule has 26 heavy (non-hydrogen) atoms. The smallest absolute Gasteiger partial charge is 0.258 e. The molecule has 0 spiro atoms. The predicted molar refractivity (Wildman–Crippen MR) is 95.8 cm³/mol. The molecule has 7 heteroatoms. The van der Waals surface area contributed by atoms with Gasteiger partial charge in [-0.05, 0) is 26.0 Å². The number of hydrogen-bond donors (Lipinski definition) is 2. The summed E-state index contributed by atoms with van der Waals surface area (Å²) < 4.78 is 21.8. The molecule has 134 valence electrons. The van der Waals surface area contributed by atoms with Crippen LogP contribution in [0.4, 0.5) is 10.1 Å². The van der Waals surface area contributed by atoms with Crippen LogP contribution in [0.25, 0.3) is 11.4 Å². The summed E-state index contributed by atoms with van der Waals surface area (Å²) in [5.41, 5.74) is 2.31. The van der Waals surface area contributed by atoms with Crippen molar-refractivity contribution in [1.29, 1.82) is 0 Å². The maximum atomic E-state index is 14.3. The normalized spacial score (nSPS) is 12.6. The van der Waals surface area contributed by atoms with Crippen molar-refractivity contribution in [3.8, 4) is 17.1 Å². The molecule has 4 rings (SSSR count). The van der Waals surface area contributed by atoms with Crippen LogP contribution in [-0.2, 0) is 13.0 Å². The minimum atomic E-state index is -0.539. The van der Waals surface area contributed by atoms with Gasteiger partial charge in [0.15, 0.2) is 0 Å². The van der Waals surface area contributed by atoms with E-state index in [9.17, 15) is 9.18 Å². The highest BCUT2D eigenvalue weighted by molar-refractivity contribution is 6.08. The number of aromatic amines is 1. The van der Waals surface area contributed by atoms with Gasteiger partial charge in [-0.15, -0.1) is 0 Å². The molecule has 1 amide bonds. The van der Waals surface area contributed by atoms with Gasteiger partial charge in [-0.3, -0.25) is 4.79 Å². The fourth-order valence-corrected chi connectivity index (χ4v) is 3.18. The first-order valence-electron chi connectivity index (χ1n) is 8.52. The molecule has 2 aromatic heterocycles. The van der Waals surface area contributed by atoms with Gasteiger partial charge in [0.2, 0.25) is 0 Å². The third-order valence-electron chi connectivity index (χ3n) is 4.31. The van der Waals surface area contributed by atoms with Crippen molar-refractivity contribution in [3.63, 3.8) is 0 Å². The Morgan fingerprint density at radius 1 is 1.42 bits per heavy atom. The molecule has 1 aliphatic rings. The Kier molecular flexibility index (Phi) is 3.99. The van der Waals surface area contributed by atoms with Crippen LogP contribution < -0.4 is 10.1 Å². The SMILES string of the molecule is CC(C)Oc1ccc(NC(=O)c2c[nH]c3c2-c2nccn2CC3)c(F)c1. The van der Waals surface area contributed by atoms with Crippen molar-refractivity contribution < 1.29 is 13.9 Å². The van der Waals surface area contributed by atoms with Crippen molar-refractivity contribution in [2.24, 2.45) is 0 Å². The number of halogens is 1. The first-order valence-corrected chi connectivity index (χ1v) is 8.52. The summed E-state index contributed by atoms with van der Waals surface area (Å²) in [5, 5.41) is 2.64. The van der Waals surface area contributed by atoms with Gasteiger partial charge in [-0.1, -0.05) is 0 Å². The van der Waals surface area contributed by atoms with Crippen LogP contribution >= 0.6 is 0 Å². The van der Waals surface area contributed by atoms with E-state index in [1.54, 1.807) is 18.5 Å². The van der Waals surface area contributed by atoms with Crippen LogP contribution in [0.15, 0.2) is 36.8 Å². The number of ether oxygens (including phenoxy) is 1. The average molecular weight is 354 g/mol. The lowest BCUT2D eigenvalue weighted by atomic mass is 10.0. The molecule has 2 N–H and O–H groups in total. The maximum Gasteiger partial charge on any atom is 0.258 e. The Labute approximate surface area is 150 Å². The maximum absolute atomic E-state index is 14.3. The number of rotatable bonds is 4. The lowest BCUT2D eigenvalue weighted by Gasteiger charge is -2.16. The fraction of sp³-hybridized carbons (Fsp3) is 0.263. The summed E-state index contributed by atoms with van der Waals surface area (Å²) >= 11 is 0. The molecule has 0 saturated carbocycles. The van der Waals surface area contributed by atoms with Crippen LogP contribution in [0.1, 0.15) is 29.9 Å². The molecule has 0 atom stereocenters. The topological polar surface area (TPSA) is 71.9 Å². The third kappa shape index (κ3) is 2.85. The number of imidazole rings is 1. The van der Waals surface area contributed by atoms with Crippen molar-refractivity contribution in [1.82, 2.24) is 14.5 Å². The van der Waals surface area contributed by atoms with Crippen molar-refractivity contribution in [3.05, 3.63) is 53.9 Å². The molecule has 1 aromatic carbocycles. The number of carbonyl (C=O) groups is 1. The molecule has 0 aliphatic carbocycles. The van der Waals surface area contributed by atoms with E-state index in [1.807, 2.05) is 24.6 Å². The Morgan fingerprint density at radius 3 is 3.04 bits per heavy atom. The van der Waals surface area contributed by atoms with Gasteiger partial charge in [0, 0.05) is 43.3 Å². The van der Waals surface area contributed by atoms with E-state index in [-0.39, 0.29) is 17.7 Å². The number of nitrogens with zero attached hydrogens (tertiary/aromatic N) is 2. The van der Waals surface area contributed by atoms with Crippen LogP contribution in [0.3, 0.4) is 0 Å². The monoisotopic (exact) mass is 354 g/mol. The van der Waals surface area contributed by atoms with E-state index in [1.165, 1.54) is 12.1 Å². The highest BCUT2D eigenvalue weighted by Gasteiger charge is 2.25. The molecule has 0 saturated heterocycles. The van der Waals surface area contributed by atoms with Gasteiger partial charge in [0.25, 0.3) is 5.91 Å². The largest absolute Gasteiger partial charge is 0.491 e. The van der Waals surface area contributed by atoms with Gasteiger partial charge in [0.05, 0.1) is 22.9 Å². The number of anilines is 1. The number of amides is 1. The number of nitrogens with one attached hydrogen (secondary N) is 2. The minimum Gasteiger partial charge on any atom is -0.491 e. The highest BCUT2D eigenvalue weighted by atomic mass is 19.1. The highest BCUT2D eigenvalue weighted by Crippen LogP contribution is 2.31. The van der Waals surface area contributed by atoms with E-state index >= 15 is 0 Å². The van der Waals surface area contributed by atoms with Crippen LogP contribution in [0.2, 0.25) is 0 Å². The Balaban J connectivity index is 1.60. The fourth-order valence-electron chi connectivity index (χ4n) is 3.18. The molecule has 1 aliphatic heterocycles. The summed E-state index contributed by atoms with van der Waals surface area (Å²) in [6.45, 7) is 4.55. The number of aryl methyl sites for hydroxylation is 2. The van der Waals surface area contributed by atoms with E-state index in [2.05, 4.69) is 15.3 Å². The molecule has 0 radical (unpaired) electrons. The molecule has 0 unspecified atom stereocenters. The van der Waals surface area contributed by atoms with Gasteiger partial charge in [-0.2, -0.15) is 0 Å². The standard InChI is InChI=1S/C19H19FN4O2/c1-11(2)26-12-3-4-15(14(20)9-12)23-19(25)13-10-22-16-5-7-24-8-6-21-18(24)17(13)16/h3-4,6,8-11,22H,5,7H2,1-2H3,(H,23,25). The van der Waals surface area contributed by atoms with E-state index in [4.69, 9.17) is 4.74 Å². The second-order valence-corrected chi connectivity index (χ2v) is 6.51. The number of hydrogen-bond acceptors (Lipinski definition) is 3. The summed E-state index contributed by atoms with van der Waals surface area (Å²) in [6.07, 6.45) is 6.00. The minimum absolute atomic E-state index is 0.0510. The molecule has 0 fully saturated rings. The Hall–Kier alpha value is -3.09. The second-order valence-electron chi connectivity index (χ2n) is 6.51. The molecule has 6 nitrogen and oxygen atoms in total. The van der Waals surface area contributed by atoms with Gasteiger partial charge in [-0.25, -0.2) is 9.37 Å². The molecule has 0 bridgehead atoms. The number of fused-ring (bicyclic) bond motifs is 3. The zero-order valence-electron chi connectivity index (χ0n) is 14.5.